The molecule has 332 valence electrons. The minimum absolute atomic E-state index is 0. The number of fused-ring (bicyclic) bond motifs is 4. The fourth-order valence-electron chi connectivity index (χ4n) is 7.53. The van der Waals surface area contributed by atoms with Gasteiger partial charge >= 0.3 is 16.8 Å². The second-order valence-electron chi connectivity index (χ2n) is 19.8. The third-order valence-corrected chi connectivity index (χ3v) is 12.8. The van der Waals surface area contributed by atoms with Crippen molar-refractivity contribution in [1.82, 2.24) is 0 Å². The van der Waals surface area contributed by atoms with Gasteiger partial charge in [0, 0.05) is 44.2 Å². The van der Waals surface area contributed by atoms with E-state index in [1.165, 1.54) is 0 Å². The van der Waals surface area contributed by atoms with Crippen LogP contribution in [0.2, 0.25) is 0 Å². The van der Waals surface area contributed by atoms with Gasteiger partial charge in [0.15, 0.2) is 11.5 Å². The van der Waals surface area contributed by atoms with Crippen LogP contribution in [-0.2, 0) is 21.7 Å². The fraction of sp³-hybridized carbons (Fsp3) is 0.400. The SMILES string of the molecule is COc1cc(-c2cc(OC)cc(C(C)(C)C)c2Op2oc3c(C(C)(C)C)cc(C)cc3c3cc(OC)cc(C(C)(C)C)c3o2)c(OP2Oc3ccccc3O2)c(C(C)(C)C)c1.O. The van der Waals surface area contributed by atoms with Crippen LogP contribution in [0, 0.1) is 6.92 Å². The molecule has 0 fully saturated rings. The standard InChI is InChI=1S/C50H60O9P2.H2O/c1-29-21-33-34-23-30(51-14)26-38(48(5,6)7)44(34)58-61(57-43(33)37(22-29)47(2,3)4)59-46-36(25-32(53-16)28-40(46)50(11,12)13)35-24-31(52-15)27-39(49(8,9)10)45(35)56-60-54-41-19-17-18-20-42(41)55-60;/h17-28H,1-16H3;1H2. The van der Waals surface area contributed by atoms with E-state index in [0.717, 1.165) is 44.3 Å². The lowest BCUT2D eigenvalue weighted by atomic mass is 9.81. The van der Waals surface area contributed by atoms with Crippen LogP contribution in [0.25, 0.3) is 33.1 Å². The van der Waals surface area contributed by atoms with Crippen LogP contribution in [0.1, 0.15) is 111 Å². The Hall–Kier alpha value is -5.01. The first-order valence-corrected chi connectivity index (χ1v) is 22.8. The second-order valence-corrected chi connectivity index (χ2v) is 21.8. The zero-order valence-corrected chi connectivity index (χ0v) is 40.8. The van der Waals surface area contributed by atoms with Crippen LogP contribution < -0.4 is 32.3 Å². The number of hydrogen-bond donors (Lipinski definition) is 0. The lowest BCUT2D eigenvalue weighted by Gasteiger charge is -2.28. The Morgan fingerprint density at radius 2 is 0.855 bits per heavy atom. The molecule has 2 heterocycles. The first kappa shape index (κ1) is 46.5. The predicted molar refractivity (Wildman–Crippen MR) is 252 cm³/mol. The van der Waals surface area contributed by atoms with Gasteiger partial charge in [0.05, 0.1) is 21.3 Å². The Morgan fingerprint density at radius 3 is 1.29 bits per heavy atom. The van der Waals surface area contributed by atoms with Crippen molar-refractivity contribution in [3.8, 4) is 51.4 Å². The molecule has 2 N–H and O–H groups in total. The number of para-hydroxylation sites is 2. The van der Waals surface area contributed by atoms with Crippen molar-refractivity contribution in [2.75, 3.05) is 21.3 Å². The first-order chi connectivity index (χ1) is 28.5. The van der Waals surface area contributed by atoms with Crippen molar-refractivity contribution in [1.29, 1.82) is 0 Å². The third-order valence-electron chi connectivity index (χ3n) is 10.8. The zero-order valence-electron chi connectivity index (χ0n) is 39.0. The van der Waals surface area contributed by atoms with Gasteiger partial charge in [-0.15, -0.1) is 0 Å². The average molecular weight is 885 g/mol. The molecule has 1 atom stereocenters. The Balaban J connectivity index is 0.00000641. The van der Waals surface area contributed by atoms with E-state index in [-0.39, 0.29) is 16.3 Å². The normalized spacial score (nSPS) is 13.5. The van der Waals surface area contributed by atoms with E-state index in [9.17, 15) is 0 Å². The molecule has 1 aliphatic heterocycles. The summed E-state index contributed by atoms with van der Waals surface area (Å²) in [4.78, 5) is 0. The molecule has 7 rings (SSSR count). The van der Waals surface area contributed by atoms with Crippen molar-refractivity contribution in [2.24, 2.45) is 0 Å². The Bertz CT molecular complexity index is 2650. The largest absolute Gasteiger partial charge is 0.530 e. The van der Waals surface area contributed by atoms with E-state index in [0.29, 0.717) is 56.8 Å². The van der Waals surface area contributed by atoms with Gasteiger partial charge in [0.2, 0.25) is 0 Å². The molecule has 62 heavy (non-hydrogen) atoms. The maximum absolute atomic E-state index is 7.37. The number of ether oxygens (including phenoxy) is 3. The Morgan fingerprint density at radius 1 is 0.468 bits per heavy atom. The number of hydrogen-bond acceptors (Lipinski definition) is 9. The summed E-state index contributed by atoms with van der Waals surface area (Å²) in [6, 6.07) is 24.0. The quantitative estimate of drug-likeness (QED) is 0.137. The summed E-state index contributed by atoms with van der Waals surface area (Å²) >= 11 is 0. The summed E-state index contributed by atoms with van der Waals surface area (Å²) in [6.45, 7) is 28.1. The van der Waals surface area contributed by atoms with Crippen LogP contribution in [-0.4, -0.2) is 26.8 Å². The van der Waals surface area contributed by atoms with E-state index < -0.39 is 27.7 Å². The van der Waals surface area contributed by atoms with E-state index in [1.54, 1.807) is 21.3 Å². The molecule has 1 aliphatic rings. The minimum Gasteiger partial charge on any atom is -0.497 e. The summed E-state index contributed by atoms with van der Waals surface area (Å²) < 4.78 is 59.1. The molecule has 6 aromatic rings. The van der Waals surface area contributed by atoms with Crippen molar-refractivity contribution >= 4 is 38.8 Å². The van der Waals surface area contributed by atoms with Crippen LogP contribution in [0.3, 0.4) is 0 Å². The first-order valence-electron chi connectivity index (χ1n) is 20.6. The molecule has 1 unspecified atom stereocenters. The third kappa shape index (κ3) is 9.20. The van der Waals surface area contributed by atoms with E-state index in [1.807, 2.05) is 54.6 Å². The highest BCUT2D eigenvalue weighted by molar-refractivity contribution is 7.43. The van der Waals surface area contributed by atoms with E-state index in [4.69, 9.17) is 40.7 Å². The highest BCUT2D eigenvalue weighted by Gasteiger charge is 2.36. The van der Waals surface area contributed by atoms with Gasteiger partial charge in [-0.05, 0) is 88.7 Å². The monoisotopic (exact) mass is 884 g/mol. The topological polar surface area (TPSA) is 122 Å². The van der Waals surface area contributed by atoms with Gasteiger partial charge in [-0.3, -0.25) is 0 Å². The maximum Gasteiger partial charge on any atom is 0.530 e. The zero-order chi connectivity index (χ0) is 44.4. The molecule has 0 aliphatic carbocycles. The Kier molecular flexibility index (Phi) is 12.7. The van der Waals surface area contributed by atoms with Gasteiger partial charge in [-0.2, -0.15) is 0 Å². The fourth-order valence-corrected chi connectivity index (χ4v) is 9.76. The molecule has 5 aromatic carbocycles. The van der Waals surface area contributed by atoms with Crippen molar-refractivity contribution in [2.45, 2.75) is 112 Å². The van der Waals surface area contributed by atoms with Gasteiger partial charge < -0.3 is 46.2 Å². The number of benzene rings is 5. The Labute approximate surface area is 368 Å². The van der Waals surface area contributed by atoms with Crippen molar-refractivity contribution < 1.29 is 46.2 Å². The van der Waals surface area contributed by atoms with Crippen LogP contribution in [0.15, 0.2) is 81.2 Å². The van der Waals surface area contributed by atoms with E-state index >= 15 is 0 Å². The molecule has 0 spiro atoms. The molecular weight excluding hydrogens is 822 g/mol. The highest BCUT2D eigenvalue weighted by Crippen LogP contribution is 2.58. The smallest absolute Gasteiger partial charge is 0.497 e. The molecule has 10 nitrogen and oxygen atoms in total. The summed E-state index contributed by atoms with van der Waals surface area (Å²) in [5, 5.41) is 1.80. The second kappa shape index (κ2) is 16.9. The molecule has 0 bridgehead atoms. The van der Waals surface area contributed by atoms with Gasteiger partial charge in [-0.25, -0.2) is 0 Å². The van der Waals surface area contributed by atoms with Crippen LogP contribution >= 0.6 is 16.8 Å². The lowest BCUT2D eigenvalue weighted by Crippen LogP contribution is -2.15. The van der Waals surface area contributed by atoms with Crippen LogP contribution in [0.5, 0.6) is 40.2 Å². The molecule has 0 radical (unpaired) electrons. The molecule has 0 saturated heterocycles. The molecular formula is C50H62O10P2. The van der Waals surface area contributed by atoms with Crippen molar-refractivity contribution in [3.63, 3.8) is 0 Å². The van der Waals surface area contributed by atoms with Gasteiger partial charge in [-0.1, -0.05) is 101 Å². The van der Waals surface area contributed by atoms with E-state index in [2.05, 4.69) is 108 Å². The molecule has 1 aromatic heterocycles. The lowest BCUT2D eigenvalue weighted by molar-refractivity contribution is 0.405. The number of aryl methyl sites for hydroxylation is 1. The summed E-state index contributed by atoms with van der Waals surface area (Å²) in [7, 11) is 0.992. The average Bonchev–Trinajstić information content (AvgIpc) is 3.52. The summed E-state index contributed by atoms with van der Waals surface area (Å²) in [5.74, 6) is 4.41. The van der Waals surface area contributed by atoms with Gasteiger partial charge in [0.1, 0.15) is 39.9 Å². The minimum atomic E-state index is -2.18. The number of methoxy groups -OCH3 is 3. The van der Waals surface area contributed by atoms with Crippen LogP contribution in [0.4, 0.5) is 0 Å². The summed E-state index contributed by atoms with van der Waals surface area (Å²) in [6.07, 6.45) is 0. The molecule has 0 saturated carbocycles. The van der Waals surface area contributed by atoms with Gasteiger partial charge in [0.25, 0.3) is 0 Å². The highest BCUT2D eigenvalue weighted by atomic mass is 31.2. The molecule has 12 heteroatoms. The van der Waals surface area contributed by atoms with Crippen molar-refractivity contribution in [3.05, 3.63) is 101 Å². The maximum atomic E-state index is 7.37. The number of rotatable bonds is 8. The predicted octanol–water partition coefficient (Wildman–Crippen LogP) is 14.6. The molecule has 0 amide bonds. The summed E-state index contributed by atoms with van der Waals surface area (Å²) in [5.41, 5.74) is 6.24.